The quantitative estimate of drug-likeness (QED) is 0.883. The van der Waals surface area contributed by atoms with Crippen LogP contribution < -0.4 is 11.1 Å². The fraction of sp³-hybridized carbons (Fsp3) is 0.333. The van der Waals surface area contributed by atoms with Crippen LogP contribution in [0.5, 0.6) is 0 Å². The van der Waals surface area contributed by atoms with Crippen LogP contribution >= 0.6 is 23.1 Å². The van der Waals surface area contributed by atoms with Gasteiger partial charge in [-0.3, -0.25) is 9.78 Å². The van der Waals surface area contributed by atoms with Crippen molar-refractivity contribution in [3.05, 3.63) is 23.2 Å². The minimum absolute atomic E-state index is 0.0667. The minimum atomic E-state index is -0.0667. The molecule has 0 spiro atoms. The van der Waals surface area contributed by atoms with Crippen molar-refractivity contribution in [1.82, 2.24) is 10.3 Å². The molecule has 4 nitrogen and oxygen atoms in total. The molecule has 1 fully saturated rings. The number of carbonyl (C=O) groups is 1. The second-order valence-electron chi connectivity index (χ2n) is 4.23. The molecule has 18 heavy (non-hydrogen) atoms. The standard InChI is InChI=1S/C12H13N3OS2/c13-9-10-8(2-1-4-14-10)18-11(9)12(16)15-7-3-5-17-6-7/h1-2,4,7H,3,5-6,13H2,(H,15,16). The number of aromatic nitrogens is 1. The van der Waals surface area contributed by atoms with Gasteiger partial charge in [0.2, 0.25) is 0 Å². The molecule has 0 radical (unpaired) electrons. The molecule has 1 unspecified atom stereocenters. The highest BCUT2D eigenvalue weighted by Crippen LogP contribution is 2.32. The largest absolute Gasteiger partial charge is 0.396 e. The Morgan fingerprint density at radius 3 is 3.17 bits per heavy atom. The SMILES string of the molecule is Nc1c(C(=O)NC2CCSC2)sc2cccnc12. The van der Waals surface area contributed by atoms with Crippen molar-refractivity contribution in [1.29, 1.82) is 0 Å². The third kappa shape index (κ3) is 2.06. The van der Waals surface area contributed by atoms with E-state index in [0.717, 1.165) is 28.1 Å². The molecule has 3 N–H and O–H groups in total. The Balaban J connectivity index is 1.88. The summed E-state index contributed by atoms with van der Waals surface area (Å²) in [5.74, 6) is 2.05. The number of thiophene rings is 1. The van der Waals surface area contributed by atoms with E-state index in [9.17, 15) is 4.79 Å². The van der Waals surface area contributed by atoms with Crippen LogP contribution in [0.2, 0.25) is 0 Å². The lowest BCUT2D eigenvalue weighted by molar-refractivity contribution is 0.0946. The number of pyridine rings is 1. The maximum atomic E-state index is 12.2. The van der Waals surface area contributed by atoms with Crippen LogP contribution in [-0.4, -0.2) is 28.4 Å². The monoisotopic (exact) mass is 279 g/mol. The van der Waals surface area contributed by atoms with E-state index < -0.39 is 0 Å². The van der Waals surface area contributed by atoms with E-state index in [1.165, 1.54) is 11.3 Å². The fourth-order valence-corrected chi connectivity index (χ4v) is 4.15. The van der Waals surface area contributed by atoms with E-state index in [1.54, 1.807) is 6.20 Å². The molecule has 0 aliphatic carbocycles. The third-order valence-corrected chi connectivity index (χ3v) is 5.27. The number of amides is 1. The van der Waals surface area contributed by atoms with Gasteiger partial charge in [0.05, 0.1) is 10.4 Å². The molecular weight excluding hydrogens is 266 g/mol. The maximum Gasteiger partial charge on any atom is 0.263 e. The Morgan fingerprint density at radius 1 is 1.56 bits per heavy atom. The van der Waals surface area contributed by atoms with E-state index in [0.29, 0.717) is 10.6 Å². The van der Waals surface area contributed by atoms with Gasteiger partial charge in [0, 0.05) is 18.0 Å². The Labute approximate surface area is 113 Å². The summed E-state index contributed by atoms with van der Waals surface area (Å²) >= 11 is 3.28. The molecule has 1 aliphatic rings. The summed E-state index contributed by atoms with van der Waals surface area (Å²) in [5.41, 5.74) is 7.22. The van der Waals surface area contributed by atoms with Gasteiger partial charge in [-0.05, 0) is 24.3 Å². The Bertz CT molecular complexity index is 590. The number of nitrogen functional groups attached to an aromatic ring is 1. The molecule has 94 valence electrons. The highest BCUT2D eigenvalue weighted by molar-refractivity contribution is 7.99. The van der Waals surface area contributed by atoms with Crippen molar-refractivity contribution >= 4 is 44.9 Å². The number of anilines is 1. The number of nitrogens with one attached hydrogen (secondary N) is 1. The van der Waals surface area contributed by atoms with Gasteiger partial charge in [-0.25, -0.2) is 0 Å². The van der Waals surface area contributed by atoms with Crippen molar-refractivity contribution in [2.45, 2.75) is 12.5 Å². The summed E-state index contributed by atoms with van der Waals surface area (Å²) in [6.45, 7) is 0. The van der Waals surface area contributed by atoms with E-state index in [2.05, 4.69) is 10.3 Å². The zero-order chi connectivity index (χ0) is 12.5. The van der Waals surface area contributed by atoms with Crippen molar-refractivity contribution in [3.8, 4) is 0 Å². The van der Waals surface area contributed by atoms with E-state index in [4.69, 9.17) is 5.73 Å². The summed E-state index contributed by atoms with van der Waals surface area (Å²) in [6.07, 6.45) is 2.74. The van der Waals surface area contributed by atoms with Crippen LogP contribution in [0.4, 0.5) is 5.69 Å². The second-order valence-corrected chi connectivity index (χ2v) is 6.43. The zero-order valence-electron chi connectivity index (χ0n) is 9.68. The van der Waals surface area contributed by atoms with Crippen molar-refractivity contribution < 1.29 is 4.79 Å². The number of nitrogens with two attached hydrogens (primary N) is 1. The Kier molecular flexibility index (Phi) is 3.13. The summed E-state index contributed by atoms with van der Waals surface area (Å²) in [4.78, 5) is 17.0. The Hall–Kier alpha value is -1.27. The average Bonchev–Trinajstić information content (AvgIpc) is 2.98. The van der Waals surface area contributed by atoms with Gasteiger partial charge in [0.25, 0.3) is 5.91 Å². The number of thioether (sulfide) groups is 1. The lowest BCUT2D eigenvalue weighted by Crippen LogP contribution is -2.34. The first-order valence-corrected chi connectivity index (χ1v) is 7.74. The van der Waals surface area contributed by atoms with E-state index in [-0.39, 0.29) is 11.9 Å². The van der Waals surface area contributed by atoms with Crippen LogP contribution in [0.3, 0.4) is 0 Å². The molecule has 2 aromatic heterocycles. The number of fused-ring (bicyclic) bond motifs is 1. The second kappa shape index (κ2) is 4.78. The molecule has 3 rings (SSSR count). The molecule has 2 aromatic rings. The number of hydrogen-bond donors (Lipinski definition) is 2. The van der Waals surface area contributed by atoms with Gasteiger partial charge in [0.1, 0.15) is 10.4 Å². The lowest BCUT2D eigenvalue weighted by Gasteiger charge is -2.10. The molecule has 1 saturated heterocycles. The summed E-state index contributed by atoms with van der Waals surface area (Å²) in [5, 5.41) is 3.04. The van der Waals surface area contributed by atoms with Crippen LogP contribution in [0.15, 0.2) is 18.3 Å². The molecule has 0 saturated carbocycles. The summed E-state index contributed by atoms with van der Waals surface area (Å²) in [7, 11) is 0. The first kappa shape index (κ1) is 11.8. The minimum Gasteiger partial charge on any atom is -0.396 e. The van der Waals surface area contributed by atoms with Crippen LogP contribution in [0, 0.1) is 0 Å². The van der Waals surface area contributed by atoms with E-state index in [1.807, 2.05) is 23.9 Å². The van der Waals surface area contributed by atoms with Gasteiger partial charge in [0.15, 0.2) is 0 Å². The van der Waals surface area contributed by atoms with E-state index >= 15 is 0 Å². The topological polar surface area (TPSA) is 68.0 Å². The maximum absolute atomic E-state index is 12.2. The van der Waals surface area contributed by atoms with Gasteiger partial charge in [-0.15, -0.1) is 11.3 Å². The molecule has 1 aliphatic heterocycles. The van der Waals surface area contributed by atoms with Crippen LogP contribution in [0.25, 0.3) is 10.2 Å². The molecule has 0 aromatic carbocycles. The number of carbonyl (C=O) groups excluding carboxylic acids is 1. The first-order chi connectivity index (χ1) is 8.75. The van der Waals surface area contributed by atoms with Crippen molar-refractivity contribution in [3.63, 3.8) is 0 Å². The fourth-order valence-electron chi connectivity index (χ4n) is 2.02. The summed E-state index contributed by atoms with van der Waals surface area (Å²) in [6, 6.07) is 4.07. The average molecular weight is 279 g/mol. The normalized spacial score (nSPS) is 19.2. The number of nitrogens with zero attached hydrogens (tertiary/aromatic N) is 1. The molecule has 3 heterocycles. The van der Waals surface area contributed by atoms with Crippen LogP contribution in [0.1, 0.15) is 16.1 Å². The molecule has 1 amide bonds. The highest BCUT2D eigenvalue weighted by atomic mass is 32.2. The molecule has 6 heteroatoms. The molecular formula is C12H13N3OS2. The van der Waals surface area contributed by atoms with Gasteiger partial charge < -0.3 is 11.1 Å². The highest BCUT2D eigenvalue weighted by Gasteiger charge is 2.22. The molecule has 0 bridgehead atoms. The van der Waals surface area contributed by atoms with Crippen molar-refractivity contribution in [2.75, 3.05) is 17.2 Å². The Morgan fingerprint density at radius 2 is 2.44 bits per heavy atom. The van der Waals surface area contributed by atoms with Gasteiger partial charge in [-0.2, -0.15) is 11.8 Å². The molecule has 1 atom stereocenters. The first-order valence-electron chi connectivity index (χ1n) is 5.77. The van der Waals surface area contributed by atoms with Gasteiger partial charge in [-0.1, -0.05) is 0 Å². The van der Waals surface area contributed by atoms with Crippen LogP contribution in [-0.2, 0) is 0 Å². The predicted octanol–water partition coefficient (Wildman–Crippen LogP) is 2.11. The predicted molar refractivity (Wildman–Crippen MR) is 77.2 cm³/mol. The smallest absolute Gasteiger partial charge is 0.263 e. The summed E-state index contributed by atoms with van der Waals surface area (Å²) < 4.78 is 0.959. The number of rotatable bonds is 2. The van der Waals surface area contributed by atoms with Gasteiger partial charge >= 0.3 is 0 Å². The third-order valence-electron chi connectivity index (χ3n) is 2.95. The zero-order valence-corrected chi connectivity index (χ0v) is 11.3. The lowest BCUT2D eigenvalue weighted by atomic mass is 10.2. The van der Waals surface area contributed by atoms with Crippen molar-refractivity contribution in [2.24, 2.45) is 0 Å². The number of hydrogen-bond acceptors (Lipinski definition) is 5.